The zero-order valence-corrected chi connectivity index (χ0v) is 6.82. The van der Waals surface area contributed by atoms with Gasteiger partial charge in [0.15, 0.2) is 0 Å². The Hall–Kier alpha value is -0.0400. The van der Waals surface area contributed by atoms with Crippen molar-refractivity contribution in [3.63, 3.8) is 0 Å². The molecule has 3 atom stereocenters. The summed E-state index contributed by atoms with van der Waals surface area (Å²) in [7, 11) is 0. The third kappa shape index (κ3) is 0.619. The first kappa shape index (κ1) is 6.66. The van der Waals surface area contributed by atoms with E-state index in [1.54, 1.807) is 0 Å². The number of hydrogen-bond acceptors (Lipinski definition) is 1. The van der Waals surface area contributed by atoms with Gasteiger partial charge in [-0.05, 0) is 18.3 Å². The third-order valence-corrected chi connectivity index (χ3v) is 3.76. The second-order valence-electron chi connectivity index (χ2n) is 3.71. The zero-order valence-electron chi connectivity index (χ0n) is 6.06. The molecule has 0 saturated heterocycles. The molecule has 0 radical (unpaired) electrons. The van der Waals surface area contributed by atoms with E-state index in [4.69, 9.17) is 11.6 Å². The number of rotatable bonds is 0. The fourth-order valence-corrected chi connectivity index (χ4v) is 2.73. The largest absolute Gasteiger partial charge is 0.299 e. The van der Waals surface area contributed by atoms with Crippen molar-refractivity contribution in [2.75, 3.05) is 0 Å². The predicted molar refractivity (Wildman–Crippen MR) is 40.1 cm³/mol. The summed E-state index contributed by atoms with van der Waals surface area (Å²) in [6.07, 6.45) is 2.97. The highest BCUT2D eigenvalue weighted by Gasteiger charge is 2.64. The molecule has 2 heteroatoms. The first-order valence-electron chi connectivity index (χ1n) is 3.83. The molecule has 2 aliphatic carbocycles. The summed E-state index contributed by atoms with van der Waals surface area (Å²) in [5.74, 6) is 0.608. The van der Waals surface area contributed by atoms with Crippen LogP contribution >= 0.6 is 11.6 Å². The Bertz CT molecular complexity index is 190. The maximum absolute atomic E-state index is 11.2. The lowest BCUT2D eigenvalue weighted by atomic mass is 9.89. The molecule has 2 aliphatic rings. The van der Waals surface area contributed by atoms with Gasteiger partial charge in [-0.25, -0.2) is 0 Å². The van der Waals surface area contributed by atoms with Gasteiger partial charge in [-0.15, -0.1) is 11.6 Å². The molecule has 2 rings (SSSR count). The fraction of sp³-hybridized carbons (Fsp3) is 0.875. The lowest BCUT2D eigenvalue weighted by Gasteiger charge is -2.14. The van der Waals surface area contributed by atoms with Crippen molar-refractivity contribution in [1.29, 1.82) is 0 Å². The van der Waals surface area contributed by atoms with E-state index in [1.165, 1.54) is 0 Å². The van der Waals surface area contributed by atoms with Crippen LogP contribution in [0.3, 0.4) is 0 Å². The van der Waals surface area contributed by atoms with Crippen LogP contribution in [-0.2, 0) is 4.79 Å². The molecule has 0 amide bonds. The van der Waals surface area contributed by atoms with Crippen LogP contribution in [0.5, 0.6) is 0 Å². The van der Waals surface area contributed by atoms with Gasteiger partial charge in [0, 0.05) is 17.7 Å². The van der Waals surface area contributed by atoms with Crippen molar-refractivity contribution in [2.45, 2.75) is 31.6 Å². The Morgan fingerprint density at radius 1 is 1.70 bits per heavy atom. The molecular weight excluding hydrogens is 148 g/mol. The average Bonchev–Trinajstić information content (AvgIpc) is 2.38. The molecule has 10 heavy (non-hydrogen) atoms. The van der Waals surface area contributed by atoms with Crippen LogP contribution in [0.4, 0.5) is 0 Å². The number of Topliss-reactive ketones (excluding diaryl/α,β-unsaturated/α-hetero) is 1. The number of alkyl halides is 1. The minimum atomic E-state index is 0.155. The summed E-state index contributed by atoms with van der Waals surface area (Å²) in [5.41, 5.74) is 0.191. The second-order valence-corrected chi connectivity index (χ2v) is 4.18. The number of hydrogen-bond donors (Lipinski definition) is 0. The standard InChI is InChI=1S/C8H11ClO/c1-8-4-2-3-5(10)6(8)7(8)9/h6-7H,2-4H2,1H3/t6-,7-,8-/m0/s1. The molecule has 0 aromatic heterocycles. The molecular formula is C8H11ClO. The zero-order chi connectivity index (χ0) is 7.35. The molecule has 0 N–H and O–H groups in total. The summed E-state index contributed by atoms with van der Waals surface area (Å²) in [5, 5.41) is 0.155. The number of fused-ring (bicyclic) bond motifs is 1. The maximum Gasteiger partial charge on any atom is 0.138 e. The lowest BCUT2D eigenvalue weighted by Crippen LogP contribution is -2.13. The maximum atomic E-state index is 11.2. The lowest BCUT2D eigenvalue weighted by molar-refractivity contribution is -0.122. The molecule has 0 heterocycles. The van der Waals surface area contributed by atoms with Crippen LogP contribution in [0.1, 0.15) is 26.2 Å². The van der Waals surface area contributed by atoms with Crippen LogP contribution < -0.4 is 0 Å². The van der Waals surface area contributed by atoms with Crippen molar-refractivity contribution in [3.05, 3.63) is 0 Å². The van der Waals surface area contributed by atoms with E-state index < -0.39 is 0 Å². The van der Waals surface area contributed by atoms with Crippen molar-refractivity contribution in [3.8, 4) is 0 Å². The van der Waals surface area contributed by atoms with Gasteiger partial charge in [0.05, 0.1) is 0 Å². The SMILES string of the molecule is C[C@]12CCCC(=O)[C@H]1[C@@H]2Cl. The Labute approximate surface area is 65.7 Å². The van der Waals surface area contributed by atoms with E-state index in [0.717, 1.165) is 19.3 Å². The summed E-state index contributed by atoms with van der Waals surface area (Å²) < 4.78 is 0. The molecule has 0 bridgehead atoms. The molecule has 1 nitrogen and oxygen atoms in total. The Morgan fingerprint density at radius 3 is 2.90 bits per heavy atom. The van der Waals surface area contributed by atoms with E-state index in [0.29, 0.717) is 5.78 Å². The van der Waals surface area contributed by atoms with E-state index in [2.05, 4.69) is 6.92 Å². The van der Waals surface area contributed by atoms with E-state index in [-0.39, 0.29) is 16.7 Å². The number of carbonyl (C=O) groups excluding carboxylic acids is 1. The minimum Gasteiger partial charge on any atom is -0.299 e. The van der Waals surface area contributed by atoms with Gasteiger partial charge < -0.3 is 0 Å². The summed E-state index contributed by atoms with van der Waals surface area (Å²) in [6, 6.07) is 0. The van der Waals surface area contributed by atoms with Gasteiger partial charge in [0.1, 0.15) is 5.78 Å². The van der Waals surface area contributed by atoms with Gasteiger partial charge >= 0.3 is 0 Å². The van der Waals surface area contributed by atoms with E-state index in [1.807, 2.05) is 0 Å². The summed E-state index contributed by atoms with van der Waals surface area (Å²) >= 11 is 5.97. The van der Waals surface area contributed by atoms with Crippen molar-refractivity contribution in [2.24, 2.45) is 11.3 Å². The van der Waals surface area contributed by atoms with Crippen LogP contribution in [0.2, 0.25) is 0 Å². The predicted octanol–water partition coefficient (Wildman–Crippen LogP) is 1.98. The van der Waals surface area contributed by atoms with Gasteiger partial charge in [-0.3, -0.25) is 4.79 Å². The van der Waals surface area contributed by atoms with Crippen LogP contribution in [0, 0.1) is 11.3 Å². The molecule has 0 aromatic rings. The van der Waals surface area contributed by atoms with Crippen molar-refractivity contribution in [1.82, 2.24) is 0 Å². The molecule has 0 spiro atoms. The number of carbonyl (C=O) groups is 1. The molecule has 2 saturated carbocycles. The quantitative estimate of drug-likeness (QED) is 0.493. The Kier molecular flexibility index (Phi) is 1.17. The highest BCUT2D eigenvalue weighted by atomic mass is 35.5. The second kappa shape index (κ2) is 1.76. The molecule has 0 unspecified atom stereocenters. The number of ketones is 1. The van der Waals surface area contributed by atoms with Gasteiger partial charge in [-0.1, -0.05) is 6.92 Å². The minimum absolute atomic E-state index is 0.155. The highest BCUT2D eigenvalue weighted by Crippen LogP contribution is 2.62. The van der Waals surface area contributed by atoms with Crippen LogP contribution in [0.25, 0.3) is 0 Å². The summed E-state index contributed by atoms with van der Waals surface area (Å²) in [4.78, 5) is 11.2. The van der Waals surface area contributed by atoms with Gasteiger partial charge in [-0.2, -0.15) is 0 Å². The monoisotopic (exact) mass is 158 g/mol. The highest BCUT2D eigenvalue weighted by molar-refractivity contribution is 6.26. The third-order valence-electron chi connectivity index (χ3n) is 3.01. The first-order chi connectivity index (χ1) is 4.66. The van der Waals surface area contributed by atoms with Gasteiger partial charge in [0.25, 0.3) is 0 Å². The van der Waals surface area contributed by atoms with Crippen molar-refractivity contribution < 1.29 is 4.79 Å². The smallest absolute Gasteiger partial charge is 0.138 e. The van der Waals surface area contributed by atoms with E-state index in [9.17, 15) is 4.79 Å². The van der Waals surface area contributed by atoms with Crippen LogP contribution in [-0.4, -0.2) is 11.2 Å². The topological polar surface area (TPSA) is 17.1 Å². The Balaban J connectivity index is 2.21. The average molecular weight is 159 g/mol. The molecule has 56 valence electrons. The Morgan fingerprint density at radius 2 is 2.40 bits per heavy atom. The first-order valence-corrected chi connectivity index (χ1v) is 4.27. The van der Waals surface area contributed by atoms with Crippen LogP contribution in [0.15, 0.2) is 0 Å². The fourth-order valence-electron chi connectivity index (χ4n) is 2.13. The van der Waals surface area contributed by atoms with E-state index >= 15 is 0 Å². The van der Waals surface area contributed by atoms with Gasteiger partial charge in [0.2, 0.25) is 0 Å². The normalized spacial score (nSPS) is 52.4. The summed E-state index contributed by atoms with van der Waals surface area (Å²) in [6.45, 7) is 2.13. The molecule has 2 fully saturated rings. The molecule has 0 aromatic carbocycles. The van der Waals surface area contributed by atoms with Crippen molar-refractivity contribution >= 4 is 17.4 Å². The molecule has 0 aliphatic heterocycles. The number of halogens is 1.